The van der Waals surface area contributed by atoms with E-state index in [0.29, 0.717) is 28.0 Å². The fourth-order valence-electron chi connectivity index (χ4n) is 3.35. The monoisotopic (exact) mass is 531 g/mol. The molecule has 3 aromatic rings. The van der Waals surface area contributed by atoms with Gasteiger partial charge in [-0.15, -0.1) is 0 Å². The Morgan fingerprint density at radius 1 is 1.15 bits per heavy atom. The van der Waals surface area contributed by atoms with Gasteiger partial charge in [-0.25, -0.2) is 4.99 Å². The van der Waals surface area contributed by atoms with E-state index in [2.05, 4.69) is 46.0 Å². The lowest BCUT2D eigenvalue weighted by molar-refractivity contribution is -0.121. The summed E-state index contributed by atoms with van der Waals surface area (Å²) in [6.07, 6.45) is 2.83. The van der Waals surface area contributed by atoms with E-state index < -0.39 is 0 Å². The van der Waals surface area contributed by atoms with Crippen LogP contribution in [0.25, 0.3) is 6.08 Å². The topological polar surface area (TPSA) is 65.7 Å². The van der Waals surface area contributed by atoms with Gasteiger partial charge in [0, 0.05) is 12.6 Å². The quantitative estimate of drug-likeness (QED) is 0.332. The van der Waals surface area contributed by atoms with Crippen molar-refractivity contribution in [1.29, 1.82) is 5.26 Å². The van der Waals surface area contributed by atoms with Gasteiger partial charge < -0.3 is 4.74 Å². The minimum absolute atomic E-state index is 0.0847. The van der Waals surface area contributed by atoms with Gasteiger partial charge in [-0.1, -0.05) is 43.3 Å². The summed E-state index contributed by atoms with van der Waals surface area (Å²) in [5.41, 5.74) is 4.37. The second kappa shape index (κ2) is 10.7. The van der Waals surface area contributed by atoms with Crippen LogP contribution in [0.15, 0.2) is 81.1 Å². The number of hydrogen-bond donors (Lipinski definition) is 0. The van der Waals surface area contributed by atoms with Crippen molar-refractivity contribution in [2.75, 3.05) is 7.05 Å². The van der Waals surface area contributed by atoms with Crippen LogP contribution in [-0.4, -0.2) is 23.0 Å². The predicted octanol–water partition coefficient (Wildman–Crippen LogP) is 6.70. The molecule has 1 saturated heterocycles. The summed E-state index contributed by atoms with van der Waals surface area (Å²) in [6.45, 7) is 2.41. The van der Waals surface area contributed by atoms with E-state index in [4.69, 9.17) is 4.74 Å². The third-order valence-electron chi connectivity index (χ3n) is 5.35. The van der Waals surface area contributed by atoms with E-state index >= 15 is 0 Å². The predicted molar refractivity (Wildman–Crippen MR) is 141 cm³/mol. The highest BCUT2D eigenvalue weighted by atomic mass is 79.9. The molecule has 1 aliphatic heterocycles. The van der Waals surface area contributed by atoms with Crippen molar-refractivity contribution in [1.82, 2.24) is 4.90 Å². The van der Waals surface area contributed by atoms with Gasteiger partial charge in [0.15, 0.2) is 5.17 Å². The summed E-state index contributed by atoms with van der Waals surface area (Å²) < 4.78 is 6.68. The molecule has 1 heterocycles. The molecular weight excluding hydrogens is 510 g/mol. The first kappa shape index (κ1) is 23.8. The Balaban J connectivity index is 1.49. The molecule has 1 aliphatic rings. The summed E-state index contributed by atoms with van der Waals surface area (Å²) in [7, 11) is 1.74. The van der Waals surface area contributed by atoms with E-state index in [1.165, 1.54) is 17.3 Å². The van der Waals surface area contributed by atoms with Crippen LogP contribution in [0.2, 0.25) is 0 Å². The number of hydrogen-bond acceptors (Lipinski definition) is 5. The number of nitrogens with zero attached hydrogens (tertiary/aromatic N) is 3. The van der Waals surface area contributed by atoms with Crippen molar-refractivity contribution < 1.29 is 9.53 Å². The minimum Gasteiger partial charge on any atom is -0.488 e. The Hall–Kier alpha value is -3.34. The normalized spacial score (nSPS) is 15.7. The van der Waals surface area contributed by atoms with Gasteiger partial charge in [0.05, 0.1) is 26.7 Å². The molecule has 0 saturated carbocycles. The van der Waals surface area contributed by atoms with Crippen LogP contribution in [0.4, 0.5) is 5.69 Å². The molecule has 0 spiro atoms. The molecule has 0 unspecified atom stereocenters. The summed E-state index contributed by atoms with van der Waals surface area (Å²) >= 11 is 4.91. The average Bonchev–Trinajstić information content (AvgIpc) is 3.11. The first-order valence-corrected chi connectivity index (χ1v) is 12.3. The Morgan fingerprint density at radius 3 is 2.62 bits per heavy atom. The third-order valence-corrected chi connectivity index (χ3v) is 7.03. The second-order valence-electron chi connectivity index (χ2n) is 7.64. The smallest absolute Gasteiger partial charge is 0.266 e. The molecule has 4 rings (SSSR count). The molecule has 0 bridgehead atoms. The standard InChI is InChI=1S/C27H22BrN3O2S/c1-3-18-8-11-22(12-9-18)30-27-31(2)26(32)25(34-27)15-19-10-13-24(23(28)14-19)33-17-21-7-5-4-6-20(21)16-29/h4-15H,3,17H2,1-2H3/b25-15+,30-27?. The van der Waals surface area contributed by atoms with E-state index in [0.717, 1.165) is 27.7 Å². The maximum atomic E-state index is 12.8. The number of benzene rings is 3. The summed E-state index contributed by atoms with van der Waals surface area (Å²) in [6, 6.07) is 23.2. The zero-order valence-corrected chi connectivity index (χ0v) is 21.2. The number of rotatable bonds is 6. The number of amides is 1. The van der Waals surface area contributed by atoms with Gasteiger partial charge in [0.2, 0.25) is 0 Å². The van der Waals surface area contributed by atoms with Crippen molar-refractivity contribution >= 4 is 50.5 Å². The summed E-state index contributed by atoms with van der Waals surface area (Å²) in [5.74, 6) is 0.577. The SMILES string of the molecule is CCc1ccc(N=C2S/C(=C/c3ccc(OCc4ccccc4C#N)c(Br)c3)C(=O)N2C)cc1. The molecule has 5 nitrogen and oxygen atoms in total. The van der Waals surface area contributed by atoms with Crippen molar-refractivity contribution in [2.24, 2.45) is 4.99 Å². The molecule has 0 aromatic heterocycles. The number of thioether (sulfide) groups is 1. The van der Waals surface area contributed by atoms with Gasteiger partial charge in [-0.3, -0.25) is 9.69 Å². The fourth-order valence-corrected chi connectivity index (χ4v) is 4.85. The number of ether oxygens (including phenoxy) is 1. The van der Waals surface area contributed by atoms with Crippen molar-refractivity contribution in [3.8, 4) is 11.8 Å². The van der Waals surface area contributed by atoms with E-state index in [1.807, 2.05) is 54.6 Å². The number of nitriles is 1. The number of aliphatic imine (C=N–C) groups is 1. The molecule has 3 aromatic carbocycles. The lowest BCUT2D eigenvalue weighted by atomic mass is 10.1. The highest BCUT2D eigenvalue weighted by Crippen LogP contribution is 2.34. The van der Waals surface area contributed by atoms with E-state index in [9.17, 15) is 10.1 Å². The second-order valence-corrected chi connectivity index (χ2v) is 9.50. The van der Waals surface area contributed by atoms with Crippen LogP contribution in [0.5, 0.6) is 5.75 Å². The van der Waals surface area contributed by atoms with Crippen LogP contribution in [-0.2, 0) is 17.8 Å². The third kappa shape index (κ3) is 5.41. The molecule has 1 amide bonds. The van der Waals surface area contributed by atoms with Gasteiger partial charge in [-0.05, 0) is 81.6 Å². The minimum atomic E-state index is -0.0847. The fraction of sp³-hybridized carbons (Fsp3) is 0.148. The highest BCUT2D eigenvalue weighted by molar-refractivity contribution is 9.10. The lowest BCUT2D eigenvalue weighted by Crippen LogP contribution is -2.23. The number of carbonyl (C=O) groups excluding carboxylic acids is 1. The zero-order valence-electron chi connectivity index (χ0n) is 18.8. The molecule has 34 heavy (non-hydrogen) atoms. The van der Waals surface area contributed by atoms with Gasteiger partial charge in [-0.2, -0.15) is 5.26 Å². The Labute approximate surface area is 211 Å². The largest absolute Gasteiger partial charge is 0.488 e. The zero-order chi connectivity index (χ0) is 24.1. The molecular formula is C27H22BrN3O2S. The lowest BCUT2D eigenvalue weighted by Gasteiger charge is -2.10. The van der Waals surface area contributed by atoms with Crippen LogP contribution in [0, 0.1) is 11.3 Å². The van der Waals surface area contributed by atoms with Crippen LogP contribution < -0.4 is 4.74 Å². The summed E-state index contributed by atoms with van der Waals surface area (Å²) in [5, 5.41) is 9.89. The van der Waals surface area contributed by atoms with Crippen molar-refractivity contribution in [3.63, 3.8) is 0 Å². The Bertz CT molecular complexity index is 1330. The number of aryl methyl sites for hydroxylation is 1. The Morgan fingerprint density at radius 2 is 1.91 bits per heavy atom. The van der Waals surface area contributed by atoms with Crippen molar-refractivity contribution in [2.45, 2.75) is 20.0 Å². The molecule has 7 heteroatoms. The summed E-state index contributed by atoms with van der Waals surface area (Å²) in [4.78, 5) is 19.6. The highest BCUT2D eigenvalue weighted by Gasteiger charge is 2.30. The Kier molecular flexibility index (Phi) is 7.51. The van der Waals surface area contributed by atoms with Crippen LogP contribution in [0.3, 0.4) is 0 Å². The number of halogens is 1. The number of amidine groups is 1. The molecule has 0 N–H and O–H groups in total. The number of carbonyl (C=O) groups is 1. The van der Waals surface area contributed by atoms with Crippen molar-refractivity contribution in [3.05, 3.63) is 98.4 Å². The number of likely N-dealkylation sites (N-methyl/N-ethyl adjacent to an activating group) is 1. The van der Waals surface area contributed by atoms with E-state index in [1.54, 1.807) is 18.0 Å². The molecule has 170 valence electrons. The van der Waals surface area contributed by atoms with Gasteiger partial charge in [0.25, 0.3) is 5.91 Å². The molecule has 0 atom stereocenters. The van der Waals surface area contributed by atoms with E-state index in [-0.39, 0.29) is 5.91 Å². The maximum absolute atomic E-state index is 12.8. The first-order chi connectivity index (χ1) is 16.5. The first-order valence-electron chi connectivity index (χ1n) is 10.7. The molecule has 0 radical (unpaired) electrons. The molecule has 1 fully saturated rings. The van der Waals surface area contributed by atoms with Crippen LogP contribution >= 0.6 is 27.7 Å². The van der Waals surface area contributed by atoms with Gasteiger partial charge in [0.1, 0.15) is 12.4 Å². The van der Waals surface area contributed by atoms with Gasteiger partial charge >= 0.3 is 0 Å². The molecule has 0 aliphatic carbocycles. The average molecular weight is 532 g/mol. The van der Waals surface area contributed by atoms with Crippen LogP contribution in [0.1, 0.15) is 29.2 Å². The maximum Gasteiger partial charge on any atom is 0.266 e.